The number of anilines is 1. The quantitative estimate of drug-likeness (QED) is 0.232. The Morgan fingerprint density at radius 3 is 2.16 bits per heavy atom. The summed E-state index contributed by atoms with van der Waals surface area (Å²) in [6.45, 7) is 1.47. The number of hydrogen-bond acceptors (Lipinski definition) is 8. The first kappa shape index (κ1) is 25.0. The maximum Gasteiger partial charge on any atom is 0.199 e. The zero-order valence-electron chi connectivity index (χ0n) is 15.9. The highest BCUT2D eigenvalue weighted by atomic mass is 127. The van der Waals surface area contributed by atoms with Gasteiger partial charge in [0.25, 0.3) is 0 Å². The van der Waals surface area contributed by atoms with E-state index in [-0.39, 0.29) is 5.03 Å². The molecule has 4 aromatic heterocycles. The van der Waals surface area contributed by atoms with E-state index in [0.717, 1.165) is 42.7 Å². The molecule has 4 rings (SSSR count). The molecule has 0 aliphatic heterocycles. The monoisotopic (exact) mass is 796 g/mol. The molecule has 0 aromatic carbocycles. The minimum atomic E-state index is -3.37. The van der Waals surface area contributed by atoms with Crippen molar-refractivity contribution in [3.63, 3.8) is 0 Å². The van der Waals surface area contributed by atoms with E-state index in [2.05, 4.69) is 102 Å². The third-order valence-corrected chi connectivity index (χ3v) is 7.17. The van der Waals surface area contributed by atoms with Crippen LogP contribution in [0.25, 0.3) is 11.3 Å². The van der Waals surface area contributed by atoms with Gasteiger partial charge >= 0.3 is 0 Å². The molecule has 4 aromatic rings. The van der Waals surface area contributed by atoms with E-state index in [4.69, 9.17) is 5.73 Å². The van der Waals surface area contributed by atoms with Gasteiger partial charge < -0.3 is 11.1 Å². The van der Waals surface area contributed by atoms with Crippen LogP contribution in [0.5, 0.6) is 0 Å². The van der Waals surface area contributed by atoms with Crippen molar-refractivity contribution in [1.82, 2.24) is 28.7 Å². The topological polar surface area (TPSA) is 133 Å². The minimum absolute atomic E-state index is 0.0141. The van der Waals surface area contributed by atoms with Crippen LogP contribution in [0, 0.1) is 7.40 Å². The Morgan fingerprint density at radius 1 is 1.03 bits per heavy atom. The molecule has 15 heteroatoms. The Kier molecular flexibility index (Phi) is 8.50. The number of nitrogens with zero attached hydrogens (tertiary/aromatic N) is 6. The van der Waals surface area contributed by atoms with Crippen LogP contribution < -0.4 is 11.1 Å². The summed E-state index contributed by atoms with van der Waals surface area (Å²) in [4.78, 5) is 16.6. The fourth-order valence-corrected chi connectivity index (χ4v) is 5.15. The average molecular weight is 798 g/mol. The largest absolute Gasteiger partial charge is 0.367 e. The van der Waals surface area contributed by atoms with Crippen LogP contribution in [0.3, 0.4) is 0 Å². The molecule has 3 N–H and O–H groups in total. The predicted molar refractivity (Wildman–Crippen MR) is 142 cm³/mol. The second-order valence-electron chi connectivity index (χ2n) is 6.17. The second-order valence-corrected chi connectivity index (χ2v) is 11.9. The van der Waals surface area contributed by atoms with Crippen molar-refractivity contribution in [2.75, 3.05) is 24.7 Å². The second kappa shape index (κ2) is 10.5. The van der Waals surface area contributed by atoms with Crippen LogP contribution in [0.1, 0.15) is 6.42 Å². The van der Waals surface area contributed by atoms with E-state index in [0.29, 0.717) is 16.8 Å². The van der Waals surface area contributed by atoms with Crippen LogP contribution in [-0.4, -0.2) is 56.5 Å². The number of aromatic nitrogens is 6. The molecule has 10 nitrogen and oxygen atoms in total. The third-order valence-electron chi connectivity index (χ3n) is 3.83. The van der Waals surface area contributed by atoms with Gasteiger partial charge in [-0.2, -0.15) is 0 Å². The highest BCUT2D eigenvalue weighted by molar-refractivity contribution is 14.1. The van der Waals surface area contributed by atoms with Crippen LogP contribution in [0.2, 0.25) is 0 Å². The highest BCUT2D eigenvalue weighted by Crippen LogP contribution is 2.20. The molecule has 4 heterocycles. The molecule has 0 saturated heterocycles. The molecule has 0 fully saturated rings. The van der Waals surface area contributed by atoms with Crippen molar-refractivity contribution in [2.24, 2.45) is 5.73 Å². The number of halogens is 4. The summed E-state index contributed by atoms with van der Waals surface area (Å²) in [5.74, 6) is 0.783. The van der Waals surface area contributed by atoms with Crippen molar-refractivity contribution >= 4 is 104 Å². The molecule has 0 atom stereocenters. The zero-order valence-corrected chi connectivity index (χ0v) is 24.2. The summed E-state index contributed by atoms with van der Waals surface area (Å²) in [7, 11) is -3.37. The lowest BCUT2D eigenvalue weighted by atomic mass is 10.4. The summed E-state index contributed by atoms with van der Waals surface area (Å²) < 4.78 is 29.7. The molecule has 0 saturated carbocycles. The van der Waals surface area contributed by atoms with Gasteiger partial charge in [0.2, 0.25) is 0 Å². The number of nitrogens with one attached hydrogen (secondary N) is 1. The standard InChI is InChI=1S/C9H11BrIN5.C7H5BrIN3O2S/c10-6-5-16-7(11)4-14-9(16)8(15-6)13-3-1-2-12;1-15(13,14)7-6-10-2-5(9)12(6)3-4(8)11-7/h4-5H,1-3,12H2,(H,13,15);2-3H,1H3. The summed E-state index contributed by atoms with van der Waals surface area (Å²) in [6, 6.07) is 0. The van der Waals surface area contributed by atoms with Gasteiger partial charge in [-0.15, -0.1) is 0 Å². The van der Waals surface area contributed by atoms with Gasteiger partial charge in [-0.25, -0.2) is 28.4 Å². The number of nitrogens with two attached hydrogens (primary N) is 1. The van der Waals surface area contributed by atoms with Crippen molar-refractivity contribution < 1.29 is 8.42 Å². The molecule has 0 amide bonds. The minimum Gasteiger partial charge on any atom is -0.367 e. The third kappa shape index (κ3) is 6.04. The van der Waals surface area contributed by atoms with Crippen molar-refractivity contribution in [3.8, 4) is 0 Å². The lowest BCUT2D eigenvalue weighted by Crippen LogP contribution is -2.10. The lowest BCUT2D eigenvalue weighted by Gasteiger charge is -2.06. The van der Waals surface area contributed by atoms with Gasteiger partial charge in [0.05, 0.1) is 12.4 Å². The van der Waals surface area contributed by atoms with Gasteiger partial charge in [-0.1, -0.05) is 0 Å². The molecule has 31 heavy (non-hydrogen) atoms. The molecular formula is C16H16Br2I2N8O2S. The molecule has 0 aliphatic carbocycles. The number of rotatable bonds is 5. The summed E-state index contributed by atoms with van der Waals surface area (Å²) in [5, 5.41) is 3.22. The Bertz CT molecular complexity index is 1340. The first-order valence-electron chi connectivity index (χ1n) is 8.64. The fourth-order valence-electron chi connectivity index (χ4n) is 2.51. The first-order chi connectivity index (χ1) is 14.6. The van der Waals surface area contributed by atoms with Gasteiger partial charge in [0.15, 0.2) is 32.0 Å². The fraction of sp³-hybridized carbons (Fsp3) is 0.250. The maximum atomic E-state index is 11.5. The molecule has 0 aliphatic rings. The van der Waals surface area contributed by atoms with Crippen LogP contribution >= 0.6 is 77.0 Å². The van der Waals surface area contributed by atoms with Gasteiger partial charge in [0.1, 0.15) is 16.6 Å². The Balaban J connectivity index is 0.000000176. The number of imidazole rings is 2. The smallest absolute Gasteiger partial charge is 0.199 e. The Morgan fingerprint density at radius 2 is 1.58 bits per heavy atom. The molecule has 166 valence electrons. The van der Waals surface area contributed by atoms with Crippen LogP contribution in [0.4, 0.5) is 5.82 Å². The molecule has 0 bridgehead atoms. The molecule has 0 spiro atoms. The van der Waals surface area contributed by atoms with Crippen LogP contribution in [0.15, 0.2) is 39.0 Å². The number of fused-ring (bicyclic) bond motifs is 2. The average Bonchev–Trinajstić information content (AvgIpc) is 3.24. The zero-order chi connectivity index (χ0) is 22.8. The van der Waals surface area contributed by atoms with Gasteiger partial charge in [-0.3, -0.25) is 8.80 Å². The summed E-state index contributed by atoms with van der Waals surface area (Å²) in [5.41, 5.74) is 6.64. The molecular weight excluding hydrogens is 782 g/mol. The van der Waals surface area contributed by atoms with E-state index in [1.54, 1.807) is 16.8 Å². The first-order valence-corrected chi connectivity index (χ1v) is 14.3. The van der Waals surface area contributed by atoms with E-state index < -0.39 is 9.84 Å². The number of hydrogen-bond donors (Lipinski definition) is 2. The number of sulfone groups is 1. The summed E-state index contributed by atoms with van der Waals surface area (Å²) >= 11 is 10.9. The van der Waals surface area contributed by atoms with Crippen LogP contribution in [-0.2, 0) is 9.84 Å². The highest BCUT2D eigenvalue weighted by Gasteiger charge is 2.18. The van der Waals surface area contributed by atoms with Crippen molar-refractivity contribution in [3.05, 3.63) is 41.4 Å². The van der Waals surface area contributed by atoms with E-state index >= 15 is 0 Å². The summed E-state index contributed by atoms with van der Waals surface area (Å²) in [6.07, 6.45) is 9.02. The van der Waals surface area contributed by atoms with E-state index in [1.807, 2.05) is 16.8 Å². The lowest BCUT2D eigenvalue weighted by molar-refractivity contribution is 0.598. The SMILES string of the molecule is CS(=O)(=O)c1nc(Br)cn2c(I)cnc12.NCCCNc1nc(Br)cn2c(I)cnc12. The van der Waals surface area contributed by atoms with E-state index in [9.17, 15) is 8.42 Å². The molecule has 0 unspecified atom stereocenters. The predicted octanol–water partition coefficient (Wildman–Crippen LogP) is 3.36. The van der Waals surface area contributed by atoms with Gasteiger partial charge in [0, 0.05) is 25.2 Å². The Labute approximate surface area is 222 Å². The van der Waals surface area contributed by atoms with E-state index in [1.165, 1.54) is 0 Å². The van der Waals surface area contributed by atoms with Crippen molar-refractivity contribution in [2.45, 2.75) is 11.4 Å². The van der Waals surface area contributed by atoms with Crippen molar-refractivity contribution in [1.29, 1.82) is 0 Å². The normalized spacial score (nSPS) is 11.5. The molecule has 0 radical (unpaired) electrons. The Hall–Kier alpha value is -0.630. The maximum absolute atomic E-state index is 11.5. The van der Waals surface area contributed by atoms with Gasteiger partial charge in [-0.05, 0) is 90.0 Å².